The Labute approximate surface area is 109 Å². The fourth-order valence-electron chi connectivity index (χ4n) is 1.77. The van der Waals surface area contributed by atoms with E-state index < -0.39 is 20.9 Å². The monoisotopic (exact) mass is 281 g/mol. The molecule has 1 aliphatic rings. The zero-order valence-electron chi connectivity index (χ0n) is 11.0. The van der Waals surface area contributed by atoms with Gasteiger partial charge in [-0.25, -0.2) is 13.1 Å². The van der Waals surface area contributed by atoms with Gasteiger partial charge < -0.3 is 14.6 Å². The maximum Gasteiger partial charge on any atom is 0.214 e. The second-order valence-electron chi connectivity index (χ2n) is 4.92. The summed E-state index contributed by atoms with van der Waals surface area (Å²) in [5.41, 5.74) is -1.09. The first kappa shape index (κ1) is 15.8. The lowest BCUT2D eigenvalue weighted by Gasteiger charge is -2.26. The van der Waals surface area contributed by atoms with Crippen molar-refractivity contribution in [2.75, 3.05) is 33.5 Å². The van der Waals surface area contributed by atoms with E-state index in [4.69, 9.17) is 9.47 Å². The van der Waals surface area contributed by atoms with Crippen LogP contribution in [0.5, 0.6) is 0 Å². The summed E-state index contributed by atoms with van der Waals surface area (Å²) >= 11 is 0. The number of sulfonamides is 1. The van der Waals surface area contributed by atoms with Crippen molar-refractivity contribution in [3.05, 3.63) is 0 Å². The minimum atomic E-state index is -3.37. The molecule has 7 heteroatoms. The standard InChI is InChI=1S/C11H23NO5S/c1-11(13,5-8-16-2)9-12-18(14,15)10-3-6-17-7-4-10/h10,12-13H,3-9H2,1-2H3. The molecule has 1 unspecified atom stereocenters. The van der Waals surface area contributed by atoms with E-state index in [2.05, 4.69) is 4.72 Å². The van der Waals surface area contributed by atoms with Gasteiger partial charge in [-0.3, -0.25) is 0 Å². The third-order valence-corrected chi connectivity index (χ3v) is 5.00. The second kappa shape index (κ2) is 6.81. The van der Waals surface area contributed by atoms with Crippen LogP contribution in [0, 0.1) is 0 Å². The van der Waals surface area contributed by atoms with Crippen LogP contribution in [-0.2, 0) is 19.5 Å². The van der Waals surface area contributed by atoms with Crippen molar-refractivity contribution >= 4 is 10.0 Å². The Kier molecular flexibility index (Phi) is 6.00. The molecular weight excluding hydrogens is 258 g/mol. The van der Waals surface area contributed by atoms with E-state index in [1.165, 1.54) is 0 Å². The molecular formula is C11H23NO5S. The topological polar surface area (TPSA) is 84.9 Å². The average molecular weight is 281 g/mol. The fourth-order valence-corrected chi connectivity index (χ4v) is 3.33. The van der Waals surface area contributed by atoms with Crippen molar-refractivity contribution in [1.82, 2.24) is 4.72 Å². The highest BCUT2D eigenvalue weighted by atomic mass is 32.2. The summed E-state index contributed by atoms with van der Waals surface area (Å²) in [5.74, 6) is 0. The first-order chi connectivity index (χ1) is 8.37. The summed E-state index contributed by atoms with van der Waals surface area (Å²) in [5, 5.41) is 9.56. The molecule has 0 bridgehead atoms. The van der Waals surface area contributed by atoms with Gasteiger partial charge in [-0.2, -0.15) is 0 Å². The van der Waals surface area contributed by atoms with Crippen LogP contribution >= 0.6 is 0 Å². The highest BCUT2D eigenvalue weighted by Crippen LogP contribution is 2.16. The third kappa shape index (κ3) is 5.19. The predicted molar refractivity (Wildman–Crippen MR) is 67.9 cm³/mol. The molecule has 0 saturated carbocycles. The molecule has 0 radical (unpaired) electrons. The molecule has 18 heavy (non-hydrogen) atoms. The molecule has 2 N–H and O–H groups in total. The van der Waals surface area contributed by atoms with Crippen molar-refractivity contribution in [1.29, 1.82) is 0 Å². The molecule has 1 aliphatic heterocycles. The van der Waals surface area contributed by atoms with Gasteiger partial charge in [0, 0.05) is 39.9 Å². The van der Waals surface area contributed by atoms with Gasteiger partial charge in [0.25, 0.3) is 0 Å². The molecule has 0 aliphatic carbocycles. The quantitative estimate of drug-likeness (QED) is 0.679. The van der Waals surface area contributed by atoms with E-state index in [1.807, 2.05) is 0 Å². The maximum absolute atomic E-state index is 12.0. The zero-order chi connectivity index (χ0) is 13.6. The van der Waals surface area contributed by atoms with E-state index in [1.54, 1.807) is 14.0 Å². The van der Waals surface area contributed by atoms with E-state index in [0.29, 0.717) is 39.1 Å². The highest BCUT2D eigenvalue weighted by Gasteiger charge is 2.30. The Morgan fingerprint density at radius 1 is 1.44 bits per heavy atom. The maximum atomic E-state index is 12.0. The summed E-state index contributed by atoms with van der Waals surface area (Å²) in [6.45, 7) is 2.96. The van der Waals surface area contributed by atoms with Crippen LogP contribution in [-0.4, -0.2) is 57.9 Å². The smallest absolute Gasteiger partial charge is 0.214 e. The summed E-state index contributed by atoms with van der Waals surface area (Å²) in [7, 11) is -1.83. The first-order valence-corrected chi connectivity index (χ1v) is 7.69. The number of hydrogen-bond acceptors (Lipinski definition) is 5. The summed E-state index contributed by atoms with van der Waals surface area (Å²) in [6, 6.07) is 0. The normalized spacial score (nSPS) is 21.7. The fraction of sp³-hybridized carbons (Fsp3) is 1.00. The number of aliphatic hydroxyl groups is 1. The molecule has 108 valence electrons. The molecule has 1 saturated heterocycles. The molecule has 0 aromatic carbocycles. The summed E-state index contributed by atoms with van der Waals surface area (Å²) in [4.78, 5) is 0. The Morgan fingerprint density at radius 3 is 2.61 bits per heavy atom. The van der Waals surface area contributed by atoms with Crippen LogP contribution in [0.2, 0.25) is 0 Å². The second-order valence-corrected chi connectivity index (χ2v) is 6.96. The molecule has 6 nitrogen and oxygen atoms in total. The van der Waals surface area contributed by atoms with E-state index >= 15 is 0 Å². The Morgan fingerprint density at radius 2 is 2.06 bits per heavy atom. The lowest BCUT2D eigenvalue weighted by molar-refractivity contribution is 0.0290. The minimum absolute atomic E-state index is 0.00997. The van der Waals surface area contributed by atoms with Crippen LogP contribution in [0.4, 0.5) is 0 Å². The number of hydrogen-bond donors (Lipinski definition) is 2. The molecule has 0 aromatic rings. The Balaban J connectivity index is 2.45. The summed E-state index contributed by atoms with van der Waals surface area (Å²) in [6.07, 6.45) is 1.41. The lowest BCUT2D eigenvalue weighted by atomic mass is 10.0. The molecule has 1 rings (SSSR count). The Bertz CT molecular complexity index is 335. The van der Waals surface area contributed by atoms with Crippen molar-refractivity contribution in [3.8, 4) is 0 Å². The number of methoxy groups -OCH3 is 1. The van der Waals surface area contributed by atoms with Gasteiger partial charge in [0.1, 0.15) is 0 Å². The van der Waals surface area contributed by atoms with Gasteiger partial charge in [-0.1, -0.05) is 0 Å². The molecule has 0 aromatic heterocycles. The van der Waals surface area contributed by atoms with Crippen LogP contribution in [0.15, 0.2) is 0 Å². The lowest BCUT2D eigenvalue weighted by Crippen LogP contribution is -2.45. The van der Waals surface area contributed by atoms with Gasteiger partial charge in [-0.15, -0.1) is 0 Å². The van der Waals surface area contributed by atoms with Gasteiger partial charge in [-0.05, 0) is 19.8 Å². The number of ether oxygens (including phenoxy) is 2. The number of nitrogens with one attached hydrogen (secondary N) is 1. The SMILES string of the molecule is COCCC(C)(O)CNS(=O)(=O)C1CCOCC1. The molecule has 1 heterocycles. The molecule has 0 amide bonds. The zero-order valence-corrected chi connectivity index (χ0v) is 11.8. The van der Waals surface area contributed by atoms with Gasteiger partial charge >= 0.3 is 0 Å². The average Bonchev–Trinajstić information content (AvgIpc) is 2.36. The Hall–Kier alpha value is -0.210. The first-order valence-electron chi connectivity index (χ1n) is 6.15. The van der Waals surface area contributed by atoms with E-state index in [0.717, 1.165) is 0 Å². The summed E-state index contributed by atoms with van der Waals surface area (Å²) < 4.78 is 36.5. The van der Waals surface area contributed by atoms with E-state index in [9.17, 15) is 13.5 Å². The van der Waals surface area contributed by atoms with Gasteiger partial charge in [0.15, 0.2) is 0 Å². The van der Waals surface area contributed by atoms with Gasteiger partial charge in [0.2, 0.25) is 10.0 Å². The molecule has 0 spiro atoms. The predicted octanol–water partition coefficient (Wildman–Crippen LogP) is -0.128. The minimum Gasteiger partial charge on any atom is -0.389 e. The third-order valence-electron chi connectivity index (χ3n) is 3.11. The van der Waals surface area contributed by atoms with Crippen molar-refractivity contribution < 1.29 is 23.0 Å². The van der Waals surface area contributed by atoms with Gasteiger partial charge in [0.05, 0.1) is 10.9 Å². The largest absolute Gasteiger partial charge is 0.389 e. The van der Waals surface area contributed by atoms with Crippen molar-refractivity contribution in [2.24, 2.45) is 0 Å². The van der Waals surface area contributed by atoms with E-state index in [-0.39, 0.29) is 6.54 Å². The molecule has 1 atom stereocenters. The number of rotatable bonds is 7. The van der Waals surface area contributed by atoms with Crippen LogP contribution in [0.1, 0.15) is 26.2 Å². The van der Waals surface area contributed by atoms with Crippen LogP contribution < -0.4 is 4.72 Å². The van der Waals surface area contributed by atoms with Crippen molar-refractivity contribution in [2.45, 2.75) is 37.0 Å². The van der Waals surface area contributed by atoms with Crippen LogP contribution in [0.25, 0.3) is 0 Å². The molecule has 1 fully saturated rings. The van der Waals surface area contributed by atoms with Crippen molar-refractivity contribution in [3.63, 3.8) is 0 Å². The highest BCUT2D eigenvalue weighted by molar-refractivity contribution is 7.90. The van der Waals surface area contributed by atoms with Crippen LogP contribution in [0.3, 0.4) is 0 Å².